The fraction of sp³-hybridized carbons (Fsp3) is 0.217. The highest BCUT2D eigenvalue weighted by Gasteiger charge is 2.19. The number of hydrogen-bond acceptors (Lipinski definition) is 3. The molecule has 0 saturated heterocycles. The first-order valence-corrected chi connectivity index (χ1v) is 9.24. The second-order valence-corrected chi connectivity index (χ2v) is 7.27. The molecule has 2 aromatic heterocycles. The molecule has 4 rings (SSSR count). The van der Waals surface area contributed by atoms with Gasteiger partial charge in [-0.3, -0.25) is 4.40 Å². The minimum Gasteiger partial charge on any atom is -0.493 e. The van der Waals surface area contributed by atoms with Gasteiger partial charge in [0.05, 0.1) is 11.4 Å². The van der Waals surface area contributed by atoms with Gasteiger partial charge in [0.1, 0.15) is 5.69 Å². The number of aryl methyl sites for hydroxylation is 1. The van der Waals surface area contributed by atoms with Gasteiger partial charge in [0.25, 0.3) is 0 Å². The maximum absolute atomic E-state index is 10.9. The van der Waals surface area contributed by atoms with E-state index >= 15 is 0 Å². The summed E-state index contributed by atoms with van der Waals surface area (Å²) in [4.78, 5) is 9.59. The Balaban J connectivity index is 1.85. The Morgan fingerprint density at radius 2 is 1.67 bits per heavy atom. The van der Waals surface area contributed by atoms with Gasteiger partial charge in [0.15, 0.2) is 5.65 Å². The first-order valence-electron chi connectivity index (χ1n) is 9.24. The van der Waals surface area contributed by atoms with Gasteiger partial charge in [-0.25, -0.2) is 9.97 Å². The molecule has 2 aromatic carbocycles. The Bertz CT molecular complexity index is 1080. The quantitative estimate of drug-likeness (QED) is 0.551. The standard InChI is InChI=1S/C23H23N3O/c1-15(2)21-22-25-19(13-17-11-9-16(3)10-12-17)23(27)26(22)14-20(24-21)18-7-5-4-6-8-18/h4-12,14-15,27H,13H2,1-3H3. The Labute approximate surface area is 159 Å². The molecule has 4 nitrogen and oxygen atoms in total. The van der Waals surface area contributed by atoms with E-state index in [-0.39, 0.29) is 11.8 Å². The lowest BCUT2D eigenvalue weighted by atomic mass is 10.1. The summed E-state index contributed by atoms with van der Waals surface area (Å²) in [5.41, 5.74) is 6.49. The van der Waals surface area contributed by atoms with Crippen molar-refractivity contribution in [3.05, 3.63) is 83.3 Å². The summed E-state index contributed by atoms with van der Waals surface area (Å²) in [6.07, 6.45) is 2.46. The molecular formula is C23H23N3O. The number of benzene rings is 2. The van der Waals surface area contributed by atoms with Crippen LogP contribution in [-0.4, -0.2) is 19.5 Å². The highest BCUT2D eigenvalue weighted by Crippen LogP contribution is 2.29. The van der Waals surface area contributed by atoms with Gasteiger partial charge in [0.2, 0.25) is 5.88 Å². The maximum atomic E-state index is 10.9. The molecular weight excluding hydrogens is 334 g/mol. The number of fused-ring (bicyclic) bond motifs is 1. The molecule has 0 bridgehead atoms. The van der Waals surface area contributed by atoms with Crippen LogP contribution in [0.2, 0.25) is 0 Å². The molecule has 0 saturated carbocycles. The van der Waals surface area contributed by atoms with E-state index in [9.17, 15) is 5.11 Å². The molecule has 1 N–H and O–H groups in total. The van der Waals surface area contributed by atoms with E-state index < -0.39 is 0 Å². The summed E-state index contributed by atoms with van der Waals surface area (Å²) < 4.78 is 1.77. The third-order valence-electron chi connectivity index (χ3n) is 4.79. The minimum atomic E-state index is 0.187. The molecule has 0 unspecified atom stereocenters. The Hall–Kier alpha value is -3.14. The monoisotopic (exact) mass is 357 g/mol. The van der Waals surface area contributed by atoms with Crippen molar-refractivity contribution >= 4 is 5.65 Å². The molecule has 0 spiro atoms. The number of aromatic nitrogens is 3. The van der Waals surface area contributed by atoms with Crippen LogP contribution in [0, 0.1) is 6.92 Å². The fourth-order valence-electron chi connectivity index (χ4n) is 3.26. The van der Waals surface area contributed by atoms with Crippen molar-refractivity contribution in [2.45, 2.75) is 33.1 Å². The Morgan fingerprint density at radius 3 is 2.33 bits per heavy atom. The van der Waals surface area contributed by atoms with Crippen molar-refractivity contribution < 1.29 is 5.11 Å². The van der Waals surface area contributed by atoms with Crippen LogP contribution in [0.4, 0.5) is 0 Å². The van der Waals surface area contributed by atoms with Gasteiger partial charge in [-0.05, 0) is 18.4 Å². The van der Waals surface area contributed by atoms with Crippen molar-refractivity contribution in [1.29, 1.82) is 0 Å². The average molecular weight is 357 g/mol. The zero-order valence-electron chi connectivity index (χ0n) is 15.8. The SMILES string of the molecule is Cc1ccc(Cc2nc3c(C(C)C)nc(-c4ccccc4)cn3c2O)cc1. The molecule has 0 amide bonds. The molecule has 0 atom stereocenters. The van der Waals surface area contributed by atoms with Crippen molar-refractivity contribution in [3.63, 3.8) is 0 Å². The van der Waals surface area contributed by atoms with Crippen molar-refractivity contribution in [1.82, 2.24) is 14.4 Å². The van der Waals surface area contributed by atoms with Crippen LogP contribution in [0.3, 0.4) is 0 Å². The summed E-state index contributed by atoms with van der Waals surface area (Å²) in [7, 11) is 0. The predicted octanol–water partition coefficient (Wildman–Crippen LogP) is 5.12. The second kappa shape index (κ2) is 6.88. The average Bonchev–Trinajstić information content (AvgIpc) is 2.99. The molecule has 0 aliphatic heterocycles. The van der Waals surface area contributed by atoms with Crippen molar-refractivity contribution in [2.75, 3.05) is 0 Å². The zero-order chi connectivity index (χ0) is 19.0. The summed E-state index contributed by atoms with van der Waals surface area (Å²) in [6, 6.07) is 18.3. The van der Waals surface area contributed by atoms with Gasteiger partial charge < -0.3 is 5.11 Å². The lowest BCUT2D eigenvalue weighted by molar-refractivity contribution is 0.442. The summed E-state index contributed by atoms with van der Waals surface area (Å²) in [5, 5.41) is 10.9. The first kappa shape index (κ1) is 17.3. The molecule has 2 heterocycles. The number of imidazole rings is 1. The largest absolute Gasteiger partial charge is 0.493 e. The third kappa shape index (κ3) is 3.31. The highest BCUT2D eigenvalue weighted by molar-refractivity contribution is 5.63. The van der Waals surface area contributed by atoms with E-state index in [1.54, 1.807) is 4.40 Å². The van der Waals surface area contributed by atoms with Crippen LogP contribution >= 0.6 is 0 Å². The second-order valence-electron chi connectivity index (χ2n) is 7.27. The molecule has 0 aliphatic rings. The van der Waals surface area contributed by atoms with Crippen molar-refractivity contribution in [2.24, 2.45) is 0 Å². The minimum absolute atomic E-state index is 0.187. The molecule has 0 radical (unpaired) electrons. The van der Waals surface area contributed by atoms with E-state index in [2.05, 4.69) is 45.0 Å². The Kier molecular flexibility index (Phi) is 4.40. The zero-order valence-corrected chi connectivity index (χ0v) is 15.8. The first-order chi connectivity index (χ1) is 13.0. The number of aromatic hydroxyl groups is 1. The summed E-state index contributed by atoms with van der Waals surface area (Å²) in [6.45, 7) is 6.27. The molecule has 0 aliphatic carbocycles. The van der Waals surface area contributed by atoms with Crippen LogP contribution in [0.5, 0.6) is 5.88 Å². The van der Waals surface area contributed by atoms with Gasteiger partial charge in [-0.2, -0.15) is 0 Å². The van der Waals surface area contributed by atoms with E-state index in [0.717, 1.165) is 28.2 Å². The topological polar surface area (TPSA) is 50.4 Å². The van der Waals surface area contributed by atoms with E-state index in [4.69, 9.17) is 9.97 Å². The molecule has 0 fully saturated rings. The van der Waals surface area contributed by atoms with Crippen LogP contribution in [0.15, 0.2) is 60.8 Å². The van der Waals surface area contributed by atoms with Gasteiger partial charge >= 0.3 is 0 Å². The van der Waals surface area contributed by atoms with Crippen LogP contribution < -0.4 is 0 Å². The lowest BCUT2D eigenvalue weighted by Gasteiger charge is -2.10. The van der Waals surface area contributed by atoms with Crippen LogP contribution in [0.1, 0.15) is 42.3 Å². The number of rotatable bonds is 4. The highest BCUT2D eigenvalue weighted by atomic mass is 16.3. The van der Waals surface area contributed by atoms with Crippen LogP contribution in [-0.2, 0) is 6.42 Å². The smallest absolute Gasteiger partial charge is 0.219 e. The molecule has 27 heavy (non-hydrogen) atoms. The molecule has 4 aromatic rings. The number of nitrogens with zero attached hydrogens (tertiary/aromatic N) is 3. The van der Waals surface area contributed by atoms with E-state index in [0.29, 0.717) is 12.1 Å². The van der Waals surface area contributed by atoms with Crippen molar-refractivity contribution in [3.8, 4) is 17.1 Å². The lowest BCUT2D eigenvalue weighted by Crippen LogP contribution is -2.01. The number of hydrogen-bond donors (Lipinski definition) is 1. The predicted molar refractivity (Wildman–Crippen MR) is 108 cm³/mol. The van der Waals surface area contributed by atoms with Gasteiger partial charge in [-0.15, -0.1) is 0 Å². The van der Waals surface area contributed by atoms with Crippen LogP contribution in [0.25, 0.3) is 16.9 Å². The van der Waals surface area contributed by atoms with E-state index in [1.165, 1.54) is 5.56 Å². The maximum Gasteiger partial charge on any atom is 0.219 e. The molecule has 136 valence electrons. The summed E-state index contributed by atoms with van der Waals surface area (Å²) in [5.74, 6) is 0.386. The molecule has 4 heteroatoms. The van der Waals surface area contributed by atoms with E-state index in [1.807, 2.05) is 36.5 Å². The van der Waals surface area contributed by atoms with Gasteiger partial charge in [-0.1, -0.05) is 74.0 Å². The Morgan fingerprint density at radius 1 is 0.963 bits per heavy atom. The normalized spacial score (nSPS) is 11.4. The fourth-order valence-corrected chi connectivity index (χ4v) is 3.26. The summed E-state index contributed by atoms with van der Waals surface area (Å²) >= 11 is 0. The third-order valence-corrected chi connectivity index (χ3v) is 4.79. The van der Waals surface area contributed by atoms with Gasteiger partial charge in [0, 0.05) is 18.2 Å².